The van der Waals surface area contributed by atoms with Crippen LogP contribution in [0.4, 0.5) is 0 Å². The molecule has 0 fully saturated rings. The van der Waals surface area contributed by atoms with Gasteiger partial charge in [-0.05, 0) is 36.1 Å². The number of Topliss-reactive ketones (excluding diaryl/α,β-unsaturated/α-hetero) is 1. The van der Waals surface area contributed by atoms with Crippen molar-refractivity contribution in [2.45, 2.75) is 24.3 Å². The summed E-state index contributed by atoms with van der Waals surface area (Å²) in [5.74, 6) is -0.0667. The predicted octanol–water partition coefficient (Wildman–Crippen LogP) is 4.74. The molecule has 1 heterocycles. The van der Waals surface area contributed by atoms with Gasteiger partial charge in [0.1, 0.15) is 0 Å². The minimum atomic E-state index is -0.0343. The highest BCUT2D eigenvalue weighted by atomic mass is 35.5. The lowest BCUT2D eigenvalue weighted by Crippen LogP contribution is -2.26. The van der Waals surface area contributed by atoms with Gasteiger partial charge in [0.05, 0.1) is 9.21 Å². The van der Waals surface area contributed by atoms with Gasteiger partial charge in [0, 0.05) is 31.3 Å². The molecular weight excluding hydrogens is 350 g/mol. The molecule has 0 atom stereocenters. The van der Waals surface area contributed by atoms with Gasteiger partial charge in [0.15, 0.2) is 5.78 Å². The number of hydrogen-bond donors (Lipinski definition) is 0. The third-order valence-corrected chi connectivity index (χ3v) is 5.43. The van der Waals surface area contributed by atoms with E-state index < -0.39 is 0 Å². The first-order valence-electron chi connectivity index (χ1n) is 7.15. The van der Waals surface area contributed by atoms with Gasteiger partial charge in [-0.1, -0.05) is 23.7 Å². The van der Waals surface area contributed by atoms with Crippen LogP contribution in [0.1, 0.15) is 28.1 Å². The molecule has 23 heavy (non-hydrogen) atoms. The zero-order valence-electron chi connectivity index (χ0n) is 13.0. The third-order valence-electron chi connectivity index (χ3n) is 3.42. The fourth-order valence-corrected chi connectivity index (χ4v) is 3.51. The number of carbonyl (C=O) groups is 2. The van der Waals surface area contributed by atoms with Gasteiger partial charge in [-0.15, -0.1) is 23.1 Å². The van der Waals surface area contributed by atoms with Crippen molar-refractivity contribution >= 4 is 46.4 Å². The molecule has 1 aromatic heterocycles. The van der Waals surface area contributed by atoms with Crippen molar-refractivity contribution < 1.29 is 9.59 Å². The molecule has 0 radical (unpaired) electrons. The maximum atomic E-state index is 12.2. The highest BCUT2D eigenvalue weighted by molar-refractivity contribution is 7.98. The Morgan fingerprint density at radius 1 is 1.13 bits per heavy atom. The van der Waals surface area contributed by atoms with Gasteiger partial charge >= 0.3 is 0 Å². The molecule has 0 aliphatic heterocycles. The van der Waals surface area contributed by atoms with E-state index in [1.807, 2.05) is 30.5 Å². The summed E-state index contributed by atoms with van der Waals surface area (Å²) < 4.78 is 0.588. The van der Waals surface area contributed by atoms with Crippen molar-refractivity contribution in [1.82, 2.24) is 4.90 Å². The van der Waals surface area contributed by atoms with E-state index in [0.29, 0.717) is 15.8 Å². The van der Waals surface area contributed by atoms with Crippen LogP contribution in [0.3, 0.4) is 0 Å². The summed E-state index contributed by atoms with van der Waals surface area (Å²) in [5.41, 5.74) is 1.08. The van der Waals surface area contributed by atoms with Crippen LogP contribution in [-0.2, 0) is 11.3 Å². The van der Waals surface area contributed by atoms with E-state index in [0.717, 1.165) is 5.56 Å². The number of ketones is 1. The van der Waals surface area contributed by atoms with E-state index in [1.165, 1.54) is 16.2 Å². The zero-order valence-corrected chi connectivity index (χ0v) is 15.4. The SMILES string of the molecule is CSc1ccc(CN(C)C(=O)CCC(=O)c2ccc(Cl)s2)cc1. The van der Waals surface area contributed by atoms with Crippen molar-refractivity contribution in [3.8, 4) is 0 Å². The molecule has 2 aromatic rings. The van der Waals surface area contributed by atoms with Crippen molar-refractivity contribution in [2.24, 2.45) is 0 Å². The van der Waals surface area contributed by atoms with E-state index in [2.05, 4.69) is 0 Å². The number of benzene rings is 1. The summed E-state index contributed by atoms with van der Waals surface area (Å²) >= 11 is 8.76. The Morgan fingerprint density at radius 3 is 2.39 bits per heavy atom. The van der Waals surface area contributed by atoms with Crippen LogP contribution in [0, 0.1) is 0 Å². The molecule has 1 amide bonds. The molecule has 6 heteroatoms. The molecule has 2 rings (SSSR count). The average Bonchev–Trinajstić information content (AvgIpc) is 2.99. The lowest BCUT2D eigenvalue weighted by atomic mass is 10.1. The minimum Gasteiger partial charge on any atom is -0.341 e. The Balaban J connectivity index is 1.83. The van der Waals surface area contributed by atoms with Crippen LogP contribution in [-0.4, -0.2) is 29.9 Å². The molecule has 0 aliphatic carbocycles. The van der Waals surface area contributed by atoms with Gasteiger partial charge in [-0.25, -0.2) is 0 Å². The molecule has 0 saturated carbocycles. The molecule has 0 spiro atoms. The minimum absolute atomic E-state index is 0.0325. The smallest absolute Gasteiger partial charge is 0.223 e. The molecule has 3 nitrogen and oxygen atoms in total. The van der Waals surface area contributed by atoms with Gasteiger partial charge in [-0.3, -0.25) is 9.59 Å². The standard InChI is InChI=1S/C17H18ClNO2S2/c1-19(11-12-3-5-13(22-2)6-4-12)17(21)10-7-14(20)15-8-9-16(18)23-15/h3-6,8-9H,7,10-11H2,1-2H3. The van der Waals surface area contributed by atoms with Gasteiger partial charge in [0.25, 0.3) is 0 Å². The molecule has 0 N–H and O–H groups in total. The molecule has 1 aromatic carbocycles. The van der Waals surface area contributed by atoms with Crippen LogP contribution in [0.15, 0.2) is 41.3 Å². The van der Waals surface area contributed by atoms with E-state index in [-0.39, 0.29) is 24.5 Å². The summed E-state index contributed by atoms with van der Waals surface area (Å²) in [4.78, 5) is 27.6. The van der Waals surface area contributed by atoms with E-state index in [1.54, 1.807) is 35.8 Å². The first-order valence-corrected chi connectivity index (χ1v) is 9.57. The van der Waals surface area contributed by atoms with E-state index in [4.69, 9.17) is 11.6 Å². The Kier molecular flexibility index (Phi) is 6.69. The van der Waals surface area contributed by atoms with Crippen LogP contribution >= 0.6 is 34.7 Å². The van der Waals surface area contributed by atoms with Crippen molar-refractivity contribution in [3.63, 3.8) is 0 Å². The third kappa shape index (κ3) is 5.37. The molecule has 0 bridgehead atoms. The highest BCUT2D eigenvalue weighted by Gasteiger charge is 2.14. The Hall–Kier alpha value is -1.30. The number of amides is 1. The highest BCUT2D eigenvalue weighted by Crippen LogP contribution is 2.23. The second kappa shape index (κ2) is 8.52. The lowest BCUT2D eigenvalue weighted by molar-refractivity contribution is -0.130. The summed E-state index contributed by atoms with van der Waals surface area (Å²) in [6.07, 6.45) is 2.46. The maximum absolute atomic E-state index is 12.2. The molecule has 0 saturated heterocycles. The van der Waals surface area contributed by atoms with E-state index in [9.17, 15) is 9.59 Å². The lowest BCUT2D eigenvalue weighted by Gasteiger charge is -2.17. The Morgan fingerprint density at radius 2 is 1.83 bits per heavy atom. The number of halogens is 1. The largest absolute Gasteiger partial charge is 0.341 e. The van der Waals surface area contributed by atoms with Crippen molar-refractivity contribution in [2.75, 3.05) is 13.3 Å². The predicted molar refractivity (Wildman–Crippen MR) is 97.6 cm³/mol. The molecule has 0 unspecified atom stereocenters. The molecule has 122 valence electrons. The Bertz CT molecular complexity index is 682. The molecular formula is C17H18ClNO2S2. The summed E-state index contributed by atoms with van der Waals surface area (Å²) in [6.45, 7) is 0.548. The van der Waals surface area contributed by atoms with E-state index >= 15 is 0 Å². The van der Waals surface area contributed by atoms with Crippen LogP contribution in [0.2, 0.25) is 4.34 Å². The Labute approximate surface area is 149 Å². The average molecular weight is 368 g/mol. The quantitative estimate of drug-likeness (QED) is 0.523. The van der Waals surface area contributed by atoms with Crippen molar-refractivity contribution in [3.05, 3.63) is 51.2 Å². The number of nitrogens with zero attached hydrogens (tertiary/aromatic N) is 1. The van der Waals surface area contributed by atoms with Crippen LogP contribution in [0.5, 0.6) is 0 Å². The monoisotopic (exact) mass is 367 g/mol. The summed E-state index contributed by atoms with van der Waals surface area (Å²) in [6, 6.07) is 11.5. The number of hydrogen-bond acceptors (Lipinski definition) is 4. The van der Waals surface area contributed by atoms with Crippen LogP contribution < -0.4 is 0 Å². The van der Waals surface area contributed by atoms with Gasteiger partial charge < -0.3 is 4.90 Å². The second-order valence-electron chi connectivity index (χ2n) is 5.12. The van der Waals surface area contributed by atoms with Gasteiger partial charge in [-0.2, -0.15) is 0 Å². The summed E-state index contributed by atoms with van der Waals surface area (Å²) in [5, 5.41) is 0. The first-order chi connectivity index (χ1) is 11.0. The van der Waals surface area contributed by atoms with Crippen molar-refractivity contribution in [1.29, 1.82) is 0 Å². The second-order valence-corrected chi connectivity index (χ2v) is 7.72. The summed E-state index contributed by atoms with van der Waals surface area (Å²) in [7, 11) is 1.76. The van der Waals surface area contributed by atoms with Crippen LogP contribution in [0.25, 0.3) is 0 Å². The number of thioether (sulfide) groups is 1. The number of rotatable bonds is 7. The zero-order chi connectivity index (χ0) is 16.8. The normalized spacial score (nSPS) is 10.6. The number of thiophene rings is 1. The topological polar surface area (TPSA) is 37.4 Å². The number of carbonyl (C=O) groups excluding carboxylic acids is 2. The maximum Gasteiger partial charge on any atom is 0.223 e. The fourth-order valence-electron chi connectivity index (χ4n) is 2.09. The molecule has 0 aliphatic rings. The van der Waals surface area contributed by atoms with Gasteiger partial charge in [0.2, 0.25) is 5.91 Å². The fraction of sp³-hybridized carbons (Fsp3) is 0.294. The first kappa shape index (κ1) is 18.0.